The third-order valence-electron chi connectivity index (χ3n) is 4.99. The number of halogens is 3. The molecule has 0 radical (unpaired) electrons. The summed E-state index contributed by atoms with van der Waals surface area (Å²) >= 11 is 0. The molecule has 10 heteroatoms. The van der Waals surface area contributed by atoms with Gasteiger partial charge in [-0.15, -0.1) is 37.2 Å². The van der Waals surface area contributed by atoms with E-state index in [2.05, 4.69) is 33.1 Å². The number of benzene rings is 2. The first kappa shape index (κ1) is 26.3. The molecule has 0 saturated heterocycles. The molecule has 0 spiro atoms. The maximum atomic E-state index is 10.8. The van der Waals surface area contributed by atoms with Crippen LogP contribution in [0.25, 0.3) is 11.1 Å². The molecular weight excluding hydrogens is 461 g/mol. The van der Waals surface area contributed by atoms with Crippen molar-refractivity contribution in [1.82, 2.24) is 9.97 Å². The Balaban J connectivity index is 0.00000160. The lowest BCUT2D eigenvalue weighted by atomic mass is 10.00. The molecular formula is C21H24Cl3N5O2. The summed E-state index contributed by atoms with van der Waals surface area (Å²) in [6, 6.07) is 14.1. The van der Waals surface area contributed by atoms with Crippen LogP contribution >= 0.6 is 37.2 Å². The molecule has 4 rings (SSSR count). The molecule has 1 aliphatic heterocycles. The van der Waals surface area contributed by atoms with Gasteiger partial charge in [-0.1, -0.05) is 30.3 Å². The van der Waals surface area contributed by atoms with Crippen molar-refractivity contribution in [2.75, 3.05) is 22.9 Å². The molecule has 0 amide bonds. The first-order chi connectivity index (χ1) is 13.5. The van der Waals surface area contributed by atoms with E-state index in [9.17, 15) is 4.79 Å². The van der Waals surface area contributed by atoms with Crippen LogP contribution in [0.2, 0.25) is 0 Å². The number of carboxylic acid groups (broad SMARTS) is 1. The lowest BCUT2D eigenvalue weighted by Gasteiger charge is -2.20. The monoisotopic (exact) mass is 483 g/mol. The Labute approximate surface area is 199 Å². The number of aromatic nitrogens is 2. The highest BCUT2D eigenvalue weighted by molar-refractivity contribution is 5.86. The van der Waals surface area contributed by atoms with Gasteiger partial charge in [-0.05, 0) is 40.8 Å². The Hall–Kier alpha value is -2.74. The Morgan fingerprint density at radius 3 is 2.35 bits per heavy atom. The van der Waals surface area contributed by atoms with E-state index in [-0.39, 0.29) is 49.6 Å². The summed E-state index contributed by atoms with van der Waals surface area (Å²) in [7, 11) is 0. The number of nitrogens with zero attached hydrogens (tertiary/aromatic N) is 3. The van der Waals surface area contributed by atoms with E-state index in [1.807, 2.05) is 24.3 Å². The molecule has 166 valence electrons. The average molecular weight is 485 g/mol. The number of carbonyl (C=O) groups is 1. The number of hydrogen-bond acceptors (Lipinski definition) is 6. The predicted octanol–water partition coefficient (Wildman–Crippen LogP) is 3.76. The van der Waals surface area contributed by atoms with Gasteiger partial charge in [0.2, 0.25) is 5.95 Å². The normalized spacial score (nSPS) is 11.5. The second kappa shape index (κ2) is 11.0. The summed E-state index contributed by atoms with van der Waals surface area (Å²) in [5, 5.41) is 8.89. The van der Waals surface area contributed by atoms with Gasteiger partial charge in [0.25, 0.3) is 0 Å². The lowest BCUT2D eigenvalue weighted by molar-refractivity contribution is -0.136. The number of hydrogen-bond donors (Lipinski definition) is 3. The summed E-state index contributed by atoms with van der Waals surface area (Å²) in [5.74, 6) is -0.224. The highest BCUT2D eigenvalue weighted by atomic mass is 35.5. The zero-order valence-electron chi connectivity index (χ0n) is 16.5. The smallest absolute Gasteiger partial charge is 0.307 e. The predicted molar refractivity (Wildman–Crippen MR) is 131 cm³/mol. The second-order valence-electron chi connectivity index (χ2n) is 6.92. The minimum Gasteiger partial charge on any atom is -0.481 e. The van der Waals surface area contributed by atoms with Crippen molar-refractivity contribution in [3.63, 3.8) is 0 Å². The summed E-state index contributed by atoms with van der Waals surface area (Å²) < 4.78 is 0. The number of nitrogens with two attached hydrogens (primary N) is 2. The molecule has 0 unspecified atom stereocenters. The lowest BCUT2D eigenvalue weighted by Crippen LogP contribution is -2.21. The zero-order chi connectivity index (χ0) is 19.7. The van der Waals surface area contributed by atoms with Crippen LogP contribution in [-0.4, -0.2) is 27.6 Å². The molecule has 2 aromatic carbocycles. The van der Waals surface area contributed by atoms with Crippen molar-refractivity contribution in [3.05, 3.63) is 65.4 Å². The van der Waals surface area contributed by atoms with Crippen LogP contribution in [0, 0.1) is 0 Å². The van der Waals surface area contributed by atoms with E-state index in [1.165, 1.54) is 11.3 Å². The van der Waals surface area contributed by atoms with E-state index in [4.69, 9.17) is 16.6 Å². The fourth-order valence-electron chi connectivity index (χ4n) is 3.57. The molecule has 1 aliphatic rings. The summed E-state index contributed by atoms with van der Waals surface area (Å²) in [6.07, 6.45) is 2.68. The van der Waals surface area contributed by atoms with Crippen LogP contribution in [-0.2, 0) is 24.2 Å². The van der Waals surface area contributed by atoms with Crippen molar-refractivity contribution < 1.29 is 9.90 Å². The minimum atomic E-state index is -0.822. The summed E-state index contributed by atoms with van der Waals surface area (Å²) in [5.41, 5.74) is 17.9. The second-order valence-corrected chi connectivity index (χ2v) is 6.92. The molecule has 31 heavy (non-hydrogen) atoms. The van der Waals surface area contributed by atoms with Gasteiger partial charge in [0, 0.05) is 30.5 Å². The molecule has 0 atom stereocenters. The number of carboxylic acids is 1. The van der Waals surface area contributed by atoms with Crippen LogP contribution in [0.5, 0.6) is 0 Å². The molecule has 7 nitrogen and oxygen atoms in total. The third kappa shape index (κ3) is 5.91. The summed E-state index contributed by atoms with van der Waals surface area (Å²) in [4.78, 5) is 21.2. The number of nitrogen functional groups attached to an aromatic ring is 2. The van der Waals surface area contributed by atoms with Crippen molar-refractivity contribution >= 4 is 60.6 Å². The van der Waals surface area contributed by atoms with Crippen LogP contribution < -0.4 is 16.4 Å². The minimum absolute atomic E-state index is 0. The van der Waals surface area contributed by atoms with Gasteiger partial charge in [-0.25, -0.2) is 4.98 Å². The van der Waals surface area contributed by atoms with Crippen molar-refractivity contribution in [2.45, 2.75) is 19.4 Å². The molecule has 0 aliphatic carbocycles. The van der Waals surface area contributed by atoms with Gasteiger partial charge in [-0.3, -0.25) is 4.79 Å². The van der Waals surface area contributed by atoms with Crippen LogP contribution in [0.4, 0.5) is 17.5 Å². The number of rotatable bonds is 5. The molecule has 3 aromatic rings. The van der Waals surface area contributed by atoms with E-state index in [1.54, 1.807) is 6.20 Å². The average Bonchev–Trinajstić information content (AvgIpc) is 3.06. The Bertz CT molecular complexity index is 1050. The first-order valence-electron chi connectivity index (χ1n) is 9.05. The topological polar surface area (TPSA) is 118 Å². The van der Waals surface area contributed by atoms with E-state index in [0.29, 0.717) is 12.4 Å². The molecule has 0 fully saturated rings. The SMILES string of the molecule is Cl.Cl.Cl.Nc1ncc(CN2CCc3cc(-c4ccc(CC(=O)O)cc4)ccc32)c(N)n1. The maximum Gasteiger partial charge on any atom is 0.307 e. The van der Waals surface area contributed by atoms with Crippen LogP contribution in [0.3, 0.4) is 0 Å². The maximum absolute atomic E-state index is 10.8. The Kier molecular flexibility index (Phi) is 9.37. The van der Waals surface area contributed by atoms with Gasteiger partial charge in [0.05, 0.1) is 6.42 Å². The number of anilines is 3. The molecule has 2 heterocycles. The highest BCUT2D eigenvalue weighted by Crippen LogP contribution is 2.33. The Morgan fingerprint density at radius 1 is 1.03 bits per heavy atom. The molecule has 1 aromatic heterocycles. The van der Waals surface area contributed by atoms with E-state index in [0.717, 1.165) is 35.2 Å². The Morgan fingerprint density at radius 2 is 1.71 bits per heavy atom. The molecule has 0 bridgehead atoms. The van der Waals surface area contributed by atoms with Crippen LogP contribution in [0.15, 0.2) is 48.7 Å². The van der Waals surface area contributed by atoms with Gasteiger partial charge in [-0.2, -0.15) is 4.98 Å². The highest BCUT2D eigenvalue weighted by Gasteiger charge is 2.21. The number of fused-ring (bicyclic) bond motifs is 1. The van der Waals surface area contributed by atoms with E-state index >= 15 is 0 Å². The fraction of sp³-hybridized carbons (Fsp3) is 0.190. The van der Waals surface area contributed by atoms with Gasteiger partial charge in [0.1, 0.15) is 5.82 Å². The largest absolute Gasteiger partial charge is 0.481 e. The third-order valence-corrected chi connectivity index (χ3v) is 4.99. The van der Waals surface area contributed by atoms with Crippen molar-refractivity contribution in [1.29, 1.82) is 0 Å². The number of aliphatic carboxylic acids is 1. The van der Waals surface area contributed by atoms with Crippen molar-refractivity contribution in [3.8, 4) is 11.1 Å². The quantitative estimate of drug-likeness (QED) is 0.504. The fourth-order valence-corrected chi connectivity index (χ4v) is 3.57. The molecule has 5 N–H and O–H groups in total. The van der Waals surface area contributed by atoms with Crippen molar-refractivity contribution in [2.24, 2.45) is 0 Å². The van der Waals surface area contributed by atoms with Gasteiger partial charge >= 0.3 is 5.97 Å². The standard InChI is InChI=1S/C21H21N5O2.3ClH/c22-20-17(11-24-21(23)25-20)12-26-8-7-16-10-15(5-6-18(16)26)14-3-1-13(2-4-14)9-19(27)28;;;/h1-6,10-11H,7-9,12H2,(H,27,28)(H4,22,23,24,25);3*1H. The molecule has 0 saturated carbocycles. The first-order valence-corrected chi connectivity index (χ1v) is 9.05. The summed E-state index contributed by atoms with van der Waals surface area (Å²) in [6.45, 7) is 1.54. The van der Waals surface area contributed by atoms with Gasteiger partial charge in [0.15, 0.2) is 0 Å². The van der Waals surface area contributed by atoms with E-state index < -0.39 is 5.97 Å². The zero-order valence-corrected chi connectivity index (χ0v) is 19.0. The van der Waals surface area contributed by atoms with Gasteiger partial charge < -0.3 is 21.5 Å². The van der Waals surface area contributed by atoms with Crippen LogP contribution in [0.1, 0.15) is 16.7 Å².